The van der Waals surface area contributed by atoms with Crippen molar-refractivity contribution < 1.29 is 9.59 Å². The minimum atomic E-state index is -0.178. The highest BCUT2D eigenvalue weighted by Crippen LogP contribution is 2.41. The zero-order valence-corrected chi connectivity index (χ0v) is 12.6. The fourth-order valence-corrected chi connectivity index (χ4v) is 4.85. The van der Waals surface area contributed by atoms with Gasteiger partial charge in [0.15, 0.2) is 11.6 Å². The third-order valence-electron chi connectivity index (χ3n) is 3.01. The van der Waals surface area contributed by atoms with Gasteiger partial charge in [0.1, 0.15) is 0 Å². The standard InChI is InChI=1S/C14H10N2O2S2/c1-7-11-8(2)13(10(18)4-6-16)20-14(11)19-12(7)9(17)3-5-15/h3-4H2,1-2H3. The molecule has 0 spiro atoms. The number of ketones is 2. The molecule has 0 amide bonds. The predicted molar refractivity (Wildman–Crippen MR) is 78.3 cm³/mol. The van der Waals surface area contributed by atoms with Crippen molar-refractivity contribution in [2.24, 2.45) is 0 Å². The molecule has 0 saturated heterocycles. The van der Waals surface area contributed by atoms with Crippen LogP contribution in [-0.2, 0) is 0 Å². The van der Waals surface area contributed by atoms with Crippen LogP contribution in [0.15, 0.2) is 0 Å². The number of hydrogen-bond acceptors (Lipinski definition) is 6. The van der Waals surface area contributed by atoms with Gasteiger partial charge < -0.3 is 0 Å². The molecule has 0 bridgehead atoms. The van der Waals surface area contributed by atoms with E-state index in [0.717, 1.165) is 20.5 Å². The molecule has 0 aliphatic rings. The molecule has 0 aliphatic carbocycles. The van der Waals surface area contributed by atoms with E-state index in [9.17, 15) is 9.59 Å². The zero-order valence-electron chi connectivity index (χ0n) is 10.9. The summed E-state index contributed by atoms with van der Waals surface area (Å²) in [6.45, 7) is 3.67. The molecule has 0 atom stereocenters. The summed E-state index contributed by atoms with van der Waals surface area (Å²) >= 11 is 2.65. The first-order chi connectivity index (χ1) is 9.51. The molecule has 20 heavy (non-hydrogen) atoms. The van der Waals surface area contributed by atoms with Crippen LogP contribution in [0.4, 0.5) is 0 Å². The van der Waals surface area contributed by atoms with E-state index in [-0.39, 0.29) is 24.4 Å². The van der Waals surface area contributed by atoms with Crippen LogP contribution in [0, 0.1) is 36.5 Å². The van der Waals surface area contributed by atoms with E-state index in [1.165, 1.54) is 22.7 Å². The molecular formula is C14H10N2O2S2. The van der Waals surface area contributed by atoms with Crippen LogP contribution in [0.3, 0.4) is 0 Å². The first-order valence-electron chi connectivity index (χ1n) is 5.84. The number of nitrogens with zero attached hydrogens (tertiary/aromatic N) is 2. The molecule has 0 N–H and O–H groups in total. The Kier molecular flexibility index (Phi) is 3.99. The van der Waals surface area contributed by atoms with Gasteiger partial charge in [-0.1, -0.05) is 0 Å². The van der Waals surface area contributed by atoms with Gasteiger partial charge in [0.05, 0.1) is 38.7 Å². The van der Waals surface area contributed by atoms with E-state index in [2.05, 4.69) is 0 Å². The number of fused-ring (bicyclic) bond motifs is 1. The lowest BCUT2D eigenvalue weighted by Crippen LogP contribution is -1.98. The topological polar surface area (TPSA) is 81.7 Å². The van der Waals surface area contributed by atoms with Crippen LogP contribution in [0.25, 0.3) is 9.40 Å². The van der Waals surface area contributed by atoms with Crippen LogP contribution >= 0.6 is 22.7 Å². The molecule has 0 saturated carbocycles. The Labute approximate surface area is 123 Å². The Balaban J connectivity index is 2.56. The summed E-state index contributed by atoms with van der Waals surface area (Å²) in [6, 6.07) is 3.72. The number of Topliss-reactive ketones (excluding diaryl/α,β-unsaturated/α-hetero) is 2. The minimum Gasteiger partial charge on any atom is -0.292 e. The van der Waals surface area contributed by atoms with Gasteiger partial charge in [0.2, 0.25) is 0 Å². The normalized spacial score (nSPS) is 10.2. The average molecular weight is 302 g/mol. The Bertz CT molecular complexity index is 736. The summed E-state index contributed by atoms with van der Waals surface area (Å²) in [5.41, 5.74) is 1.66. The molecule has 0 fully saturated rings. The molecule has 0 unspecified atom stereocenters. The summed E-state index contributed by atoms with van der Waals surface area (Å²) < 4.78 is 0.905. The molecule has 6 heteroatoms. The van der Waals surface area contributed by atoms with Gasteiger partial charge in [-0.3, -0.25) is 9.59 Å². The Morgan fingerprint density at radius 3 is 1.65 bits per heavy atom. The number of nitriles is 2. The fraction of sp³-hybridized carbons (Fsp3) is 0.286. The van der Waals surface area contributed by atoms with Crippen molar-refractivity contribution in [1.82, 2.24) is 0 Å². The zero-order chi connectivity index (χ0) is 14.9. The number of hydrogen-bond donors (Lipinski definition) is 0. The van der Waals surface area contributed by atoms with Gasteiger partial charge >= 0.3 is 0 Å². The van der Waals surface area contributed by atoms with Crippen molar-refractivity contribution >= 4 is 43.6 Å². The number of thiophene rings is 2. The first kappa shape index (κ1) is 14.4. The van der Waals surface area contributed by atoms with E-state index in [4.69, 9.17) is 10.5 Å². The lowest BCUT2D eigenvalue weighted by atomic mass is 10.1. The largest absolute Gasteiger partial charge is 0.292 e. The summed E-state index contributed by atoms with van der Waals surface area (Å²) in [4.78, 5) is 24.9. The molecule has 2 heterocycles. The smallest absolute Gasteiger partial charge is 0.187 e. The molecule has 2 rings (SSSR count). The van der Waals surface area contributed by atoms with Crippen molar-refractivity contribution in [3.63, 3.8) is 0 Å². The monoisotopic (exact) mass is 302 g/mol. The van der Waals surface area contributed by atoms with Gasteiger partial charge in [0.25, 0.3) is 0 Å². The van der Waals surface area contributed by atoms with Gasteiger partial charge in [0, 0.05) is 5.39 Å². The Morgan fingerprint density at radius 1 is 0.950 bits per heavy atom. The van der Waals surface area contributed by atoms with E-state index in [1.807, 2.05) is 26.0 Å². The fourth-order valence-electron chi connectivity index (χ4n) is 2.11. The van der Waals surface area contributed by atoms with Gasteiger partial charge in [-0.25, -0.2) is 0 Å². The van der Waals surface area contributed by atoms with Crippen LogP contribution in [0.1, 0.15) is 43.3 Å². The second-order valence-electron chi connectivity index (χ2n) is 4.29. The van der Waals surface area contributed by atoms with E-state index in [0.29, 0.717) is 9.75 Å². The third-order valence-corrected chi connectivity index (χ3v) is 5.77. The molecule has 100 valence electrons. The van der Waals surface area contributed by atoms with Crippen molar-refractivity contribution in [1.29, 1.82) is 10.5 Å². The SMILES string of the molecule is Cc1c(C(=O)CC#N)sc2sc(C(=O)CC#N)c(C)c12. The predicted octanol–water partition coefficient (Wildman–Crippen LogP) is 3.77. The first-order valence-corrected chi connectivity index (χ1v) is 7.47. The van der Waals surface area contributed by atoms with E-state index in [1.54, 1.807) is 0 Å². The highest BCUT2D eigenvalue weighted by Gasteiger charge is 2.22. The van der Waals surface area contributed by atoms with Gasteiger partial charge in [-0.05, 0) is 25.0 Å². The molecule has 2 aromatic rings. The molecule has 2 aromatic heterocycles. The molecule has 0 aromatic carbocycles. The molecule has 4 nitrogen and oxygen atoms in total. The summed E-state index contributed by atoms with van der Waals surface area (Å²) in [7, 11) is 0. The Morgan fingerprint density at radius 2 is 1.35 bits per heavy atom. The van der Waals surface area contributed by atoms with Crippen molar-refractivity contribution in [2.75, 3.05) is 0 Å². The lowest BCUT2D eigenvalue weighted by molar-refractivity contribution is 0.0993. The molecular weight excluding hydrogens is 292 g/mol. The van der Waals surface area contributed by atoms with Gasteiger partial charge in [-0.2, -0.15) is 10.5 Å². The second-order valence-corrected chi connectivity index (χ2v) is 6.59. The highest BCUT2D eigenvalue weighted by atomic mass is 32.2. The Hall–Kier alpha value is -2.02. The van der Waals surface area contributed by atoms with Crippen molar-refractivity contribution in [2.45, 2.75) is 26.7 Å². The summed E-state index contributed by atoms with van der Waals surface area (Å²) in [5, 5.41) is 18.1. The van der Waals surface area contributed by atoms with Crippen LogP contribution < -0.4 is 0 Å². The molecule has 0 radical (unpaired) electrons. The maximum atomic E-state index is 11.8. The van der Waals surface area contributed by atoms with Crippen molar-refractivity contribution in [3.8, 4) is 12.1 Å². The van der Waals surface area contributed by atoms with Crippen molar-refractivity contribution in [3.05, 3.63) is 20.9 Å². The quantitative estimate of drug-likeness (QED) is 0.805. The van der Waals surface area contributed by atoms with Gasteiger partial charge in [-0.15, -0.1) is 22.7 Å². The second kappa shape index (κ2) is 5.54. The lowest BCUT2D eigenvalue weighted by Gasteiger charge is -1.97. The van der Waals surface area contributed by atoms with Crippen LogP contribution in [0.2, 0.25) is 0 Å². The average Bonchev–Trinajstić information content (AvgIpc) is 2.89. The van der Waals surface area contributed by atoms with E-state index < -0.39 is 0 Å². The maximum Gasteiger partial charge on any atom is 0.187 e. The number of aryl methyl sites for hydroxylation is 2. The van der Waals surface area contributed by atoms with E-state index >= 15 is 0 Å². The minimum absolute atomic E-state index is 0.131. The van der Waals surface area contributed by atoms with Crippen LogP contribution in [-0.4, -0.2) is 11.6 Å². The number of carbonyl (C=O) groups is 2. The summed E-state index contributed by atoms with van der Waals surface area (Å²) in [5.74, 6) is -0.356. The maximum absolute atomic E-state index is 11.8. The molecule has 0 aliphatic heterocycles. The third kappa shape index (κ3) is 2.24. The number of carbonyl (C=O) groups excluding carboxylic acids is 2. The highest BCUT2D eigenvalue weighted by molar-refractivity contribution is 7.40. The number of rotatable bonds is 4. The van der Waals surface area contributed by atoms with Crippen LogP contribution in [0.5, 0.6) is 0 Å². The summed E-state index contributed by atoms with van der Waals surface area (Å²) in [6.07, 6.45) is -0.262.